The van der Waals surface area contributed by atoms with Crippen molar-refractivity contribution in [3.63, 3.8) is 0 Å². The van der Waals surface area contributed by atoms with Gasteiger partial charge in [0.2, 0.25) is 5.91 Å². The van der Waals surface area contributed by atoms with E-state index in [1.165, 1.54) is 0 Å². The first-order chi connectivity index (χ1) is 19.1. The summed E-state index contributed by atoms with van der Waals surface area (Å²) >= 11 is 1.60. The minimum absolute atomic E-state index is 0.0518. The number of thioether (sulfide) groups is 1. The highest BCUT2D eigenvalue weighted by atomic mass is 32.2. The summed E-state index contributed by atoms with van der Waals surface area (Å²) < 4.78 is 9.61. The second kappa shape index (κ2) is 12.0. The van der Waals surface area contributed by atoms with Crippen LogP contribution in [-0.2, 0) is 19.1 Å². The molecule has 9 heteroatoms. The van der Waals surface area contributed by atoms with Gasteiger partial charge in [-0.3, -0.25) is 14.4 Å². The molecule has 218 valence electrons. The molecule has 3 saturated heterocycles. The number of nitrogens with zero attached hydrogens (tertiary/aromatic N) is 2. The second-order valence-corrected chi connectivity index (χ2v) is 13.2. The predicted octanol–water partition coefficient (Wildman–Crippen LogP) is 4.22. The minimum atomic E-state index is -0.851. The molecular weight excluding hydrogens is 528 g/mol. The summed E-state index contributed by atoms with van der Waals surface area (Å²) in [5.74, 6) is -1.64. The van der Waals surface area contributed by atoms with Gasteiger partial charge in [-0.15, -0.1) is 24.9 Å². The second-order valence-electron chi connectivity index (χ2n) is 11.3. The van der Waals surface area contributed by atoms with Crippen molar-refractivity contribution in [3.05, 3.63) is 49.6 Å². The maximum absolute atomic E-state index is 14.7. The summed E-state index contributed by atoms with van der Waals surface area (Å²) in [5.41, 5.74) is 0.658. The molecule has 2 unspecified atom stereocenters. The average Bonchev–Trinajstić information content (AvgIpc) is 3.52. The fraction of sp³-hybridized carbons (Fsp3) is 0.581. The van der Waals surface area contributed by atoms with E-state index in [9.17, 15) is 19.5 Å². The molecule has 7 atom stereocenters. The number of fused-ring (bicyclic) bond motifs is 1. The lowest BCUT2D eigenvalue weighted by Crippen LogP contribution is -2.58. The van der Waals surface area contributed by atoms with Crippen LogP contribution in [0, 0.1) is 17.8 Å². The Bertz CT molecular complexity index is 1140. The lowest BCUT2D eigenvalue weighted by atomic mass is 9.66. The first-order valence-corrected chi connectivity index (χ1v) is 14.9. The number of amides is 2. The molecule has 1 aromatic carbocycles. The van der Waals surface area contributed by atoms with Crippen molar-refractivity contribution in [1.82, 2.24) is 4.90 Å². The van der Waals surface area contributed by atoms with Gasteiger partial charge in [-0.25, -0.2) is 0 Å². The van der Waals surface area contributed by atoms with E-state index < -0.39 is 39.4 Å². The molecule has 4 rings (SSSR count). The van der Waals surface area contributed by atoms with Gasteiger partial charge >= 0.3 is 5.97 Å². The van der Waals surface area contributed by atoms with Crippen LogP contribution in [0.15, 0.2) is 49.6 Å². The van der Waals surface area contributed by atoms with E-state index in [1.54, 1.807) is 53.0 Å². The van der Waals surface area contributed by atoms with E-state index in [2.05, 4.69) is 13.2 Å². The van der Waals surface area contributed by atoms with E-state index in [1.807, 2.05) is 32.9 Å². The highest BCUT2D eigenvalue weighted by molar-refractivity contribution is 8.02. The molecule has 3 aliphatic rings. The highest BCUT2D eigenvalue weighted by Gasteiger charge is 2.78. The number of ether oxygens (including phenoxy) is 2. The van der Waals surface area contributed by atoms with Crippen molar-refractivity contribution >= 4 is 35.2 Å². The van der Waals surface area contributed by atoms with Gasteiger partial charge in [-0.1, -0.05) is 32.4 Å². The number of methoxy groups -OCH3 is 1. The number of hydrogen-bond donors (Lipinski definition) is 1. The van der Waals surface area contributed by atoms with Crippen molar-refractivity contribution in [1.29, 1.82) is 0 Å². The monoisotopic (exact) mass is 570 g/mol. The van der Waals surface area contributed by atoms with Crippen molar-refractivity contribution in [2.24, 2.45) is 17.8 Å². The van der Waals surface area contributed by atoms with Crippen molar-refractivity contribution < 1.29 is 29.0 Å². The molecule has 0 aromatic heterocycles. The summed E-state index contributed by atoms with van der Waals surface area (Å²) in [6, 6.07) is 5.80. The third kappa shape index (κ3) is 4.85. The number of benzene rings is 1. The molecule has 1 spiro atoms. The number of anilines is 1. The SMILES string of the molecule is C=CCCOC(=O)[C@H]1[C@H]2C(=O)N([C@@H](CO)[C@@H](C)CC)C(C(=O)N(CC=C)c3ccc(OC)cc3)C23CC[C@]1(C)S3. The third-order valence-corrected chi connectivity index (χ3v) is 11.1. The van der Waals surface area contributed by atoms with Crippen LogP contribution in [0.3, 0.4) is 0 Å². The van der Waals surface area contributed by atoms with Gasteiger partial charge in [0, 0.05) is 17.0 Å². The first-order valence-electron chi connectivity index (χ1n) is 14.1. The predicted molar refractivity (Wildman–Crippen MR) is 157 cm³/mol. The molecule has 0 saturated carbocycles. The normalized spacial score (nSPS) is 30.0. The largest absolute Gasteiger partial charge is 0.497 e. The lowest BCUT2D eigenvalue weighted by molar-refractivity contribution is -0.156. The fourth-order valence-corrected chi connectivity index (χ4v) is 9.19. The summed E-state index contributed by atoms with van der Waals surface area (Å²) in [6.07, 6.45) is 5.92. The first kappa shape index (κ1) is 30.2. The number of aliphatic hydroxyl groups excluding tert-OH is 1. The summed E-state index contributed by atoms with van der Waals surface area (Å²) in [4.78, 5) is 46.0. The van der Waals surface area contributed by atoms with Crippen LogP contribution in [0.5, 0.6) is 5.75 Å². The van der Waals surface area contributed by atoms with Crippen molar-refractivity contribution in [2.45, 2.75) is 68.0 Å². The summed E-state index contributed by atoms with van der Waals surface area (Å²) in [5, 5.41) is 10.6. The van der Waals surface area contributed by atoms with Crippen molar-refractivity contribution in [2.75, 3.05) is 31.8 Å². The number of hydrogen-bond acceptors (Lipinski definition) is 7. The van der Waals surface area contributed by atoms with Gasteiger partial charge in [-0.2, -0.15) is 0 Å². The van der Waals surface area contributed by atoms with Crippen LogP contribution in [-0.4, -0.2) is 76.2 Å². The topological polar surface area (TPSA) is 96.4 Å². The average molecular weight is 571 g/mol. The van der Waals surface area contributed by atoms with Crippen LogP contribution in [0.4, 0.5) is 5.69 Å². The Balaban J connectivity index is 1.82. The van der Waals surface area contributed by atoms with Gasteiger partial charge in [0.05, 0.1) is 42.9 Å². The smallest absolute Gasteiger partial charge is 0.311 e. The molecule has 1 N–H and O–H groups in total. The molecule has 3 aliphatic heterocycles. The minimum Gasteiger partial charge on any atom is -0.497 e. The van der Waals surface area contributed by atoms with Gasteiger partial charge in [0.15, 0.2) is 0 Å². The molecule has 2 bridgehead atoms. The zero-order chi connectivity index (χ0) is 29.2. The molecule has 3 heterocycles. The number of esters is 1. The molecule has 1 aromatic rings. The summed E-state index contributed by atoms with van der Waals surface area (Å²) in [7, 11) is 1.58. The Morgan fingerprint density at radius 2 is 1.95 bits per heavy atom. The van der Waals surface area contributed by atoms with E-state index >= 15 is 0 Å². The Morgan fingerprint density at radius 3 is 2.52 bits per heavy atom. The van der Waals surface area contributed by atoms with Gasteiger partial charge in [0.1, 0.15) is 11.8 Å². The van der Waals surface area contributed by atoms with E-state index in [4.69, 9.17) is 9.47 Å². The molecule has 0 radical (unpaired) electrons. The zero-order valence-corrected chi connectivity index (χ0v) is 24.8. The molecule has 2 amide bonds. The van der Waals surface area contributed by atoms with Gasteiger partial charge < -0.3 is 24.4 Å². The number of carbonyl (C=O) groups is 3. The maximum Gasteiger partial charge on any atom is 0.311 e. The molecule has 3 fully saturated rings. The Hall–Kier alpha value is -2.78. The molecule has 8 nitrogen and oxygen atoms in total. The lowest BCUT2D eigenvalue weighted by Gasteiger charge is -2.41. The van der Waals surface area contributed by atoms with Gasteiger partial charge in [0.25, 0.3) is 5.91 Å². The Labute approximate surface area is 241 Å². The third-order valence-electron chi connectivity index (χ3n) is 9.08. The number of carbonyl (C=O) groups excluding carboxylic acids is 3. The standard InChI is InChI=1S/C31H42N2O6S/c1-7-10-18-39-29(37)25-24-27(35)33(23(19-34)20(4)9-3)26(31(24)16-15-30(25,5)40-31)28(36)32(17-8-2)21-11-13-22(38-6)14-12-21/h7-8,11-14,20,23-26,34H,1-2,9-10,15-19H2,3-6H3/t20-,23-,24-,25+,26?,30-,31?/m0/s1. The number of aliphatic hydroxyl groups is 1. The highest BCUT2D eigenvalue weighted by Crippen LogP contribution is 2.72. The Kier molecular flexibility index (Phi) is 9.05. The van der Waals surface area contributed by atoms with Crippen LogP contribution in [0.2, 0.25) is 0 Å². The quantitative estimate of drug-likeness (QED) is 0.216. The summed E-state index contributed by atoms with van der Waals surface area (Å²) in [6.45, 7) is 13.8. The van der Waals surface area contributed by atoms with Crippen LogP contribution < -0.4 is 9.64 Å². The fourth-order valence-electron chi connectivity index (χ4n) is 6.87. The van der Waals surface area contributed by atoms with Crippen LogP contribution in [0.1, 0.15) is 46.5 Å². The van der Waals surface area contributed by atoms with E-state index in [-0.39, 0.29) is 37.5 Å². The van der Waals surface area contributed by atoms with E-state index in [0.29, 0.717) is 30.7 Å². The van der Waals surface area contributed by atoms with Crippen molar-refractivity contribution in [3.8, 4) is 5.75 Å². The zero-order valence-electron chi connectivity index (χ0n) is 24.0. The Morgan fingerprint density at radius 1 is 1.25 bits per heavy atom. The number of likely N-dealkylation sites (tertiary alicyclic amines) is 1. The molecule has 40 heavy (non-hydrogen) atoms. The van der Waals surface area contributed by atoms with Crippen LogP contribution in [0.25, 0.3) is 0 Å². The maximum atomic E-state index is 14.7. The molecule has 0 aliphatic carbocycles. The van der Waals surface area contributed by atoms with Gasteiger partial charge in [-0.05, 0) is 56.4 Å². The number of rotatable bonds is 13. The molecular formula is C31H42N2O6S. The van der Waals surface area contributed by atoms with E-state index in [0.717, 1.165) is 6.42 Å². The van der Waals surface area contributed by atoms with Crippen LogP contribution >= 0.6 is 11.8 Å².